The predicted molar refractivity (Wildman–Crippen MR) is 66.9 cm³/mol. The first-order valence-electron chi connectivity index (χ1n) is 5.14. The predicted octanol–water partition coefficient (Wildman–Crippen LogP) is 3.71. The van der Waals surface area contributed by atoms with Crippen LogP contribution in [0.5, 0.6) is 0 Å². The summed E-state index contributed by atoms with van der Waals surface area (Å²) in [5.74, 6) is 0. The van der Waals surface area contributed by atoms with Crippen LogP contribution in [0.4, 0.5) is 0 Å². The van der Waals surface area contributed by atoms with E-state index < -0.39 is 7.80 Å². The van der Waals surface area contributed by atoms with Gasteiger partial charge in [-0.3, -0.25) is 4.98 Å². The molecule has 2 rings (SSSR count). The lowest BCUT2D eigenvalue weighted by Gasteiger charge is -2.00. The maximum atomic E-state index is 11.1. The Morgan fingerprint density at radius 1 is 1.06 bits per heavy atom. The fourth-order valence-corrected chi connectivity index (χ4v) is 2.19. The quantitative estimate of drug-likeness (QED) is 0.752. The third-order valence-corrected chi connectivity index (χ3v) is 3.09. The molecule has 1 atom stereocenters. The molecule has 0 N–H and O–H groups in total. The van der Waals surface area contributed by atoms with Crippen molar-refractivity contribution in [2.24, 2.45) is 0 Å². The summed E-state index contributed by atoms with van der Waals surface area (Å²) in [5, 5.41) is 0. The highest BCUT2D eigenvalue weighted by Crippen LogP contribution is 2.22. The summed E-state index contributed by atoms with van der Waals surface area (Å²) in [5.41, 5.74) is 3.14. The van der Waals surface area contributed by atoms with Crippen molar-refractivity contribution in [1.82, 2.24) is 4.98 Å². The van der Waals surface area contributed by atoms with Crippen LogP contribution in [0, 0.1) is 0 Å². The van der Waals surface area contributed by atoms with E-state index in [0.717, 1.165) is 16.8 Å². The van der Waals surface area contributed by atoms with Gasteiger partial charge in [0.1, 0.15) is 6.66 Å². The van der Waals surface area contributed by atoms with Crippen molar-refractivity contribution in [1.29, 1.82) is 0 Å². The van der Waals surface area contributed by atoms with E-state index in [1.54, 1.807) is 6.66 Å². The van der Waals surface area contributed by atoms with Crippen LogP contribution >= 0.6 is 7.80 Å². The largest absolute Gasteiger partial charge is 0.341 e. The zero-order valence-corrected chi connectivity index (χ0v) is 10.0. The van der Waals surface area contributed by atoms with Gasteiger partial charge >= 0.3 is 7.80 Å². The minimum absolute atomic E-state index is 0.560. The van der Waals surface area contributed by atoms with Crippen LogP contribution in [0.25, 0.3) is 11.1 Å². The van der Waals surface area contributed by atoms with Gasteiger partial charge in [0.25, 0.3) is 0 Å². The average Bonchev–Trinajstić information content (AvgIpc) is 2.30. The van der Waals surface area contributed by atoms with Gasteiger partial charge in [-0.15, -0.1) is 0 Å². The molecule has 1 heterocycles. The van der Waals surface area contributed by atoms with E-state index in [1.807, 2.05) is 36.5 Å². The lowest BCUT2D eigenvalue weighted by Crippen LogP contribution is -1.86. The van der Waals surface area contributed by atoms with Crippen molar-refractivity contribution < 1.29 is 4.57 Å². The van der Waals surface area contributed by atoms with Crippen LogP contribution in [0.1, 0.15) is 5.69 Å². The summed E-state index contributed by atoms with van der Waals surface area (Å²) >= 11 is 0. The molecule has 0 aliphatic heterocycles. The fraction of sp³-hybridized carbons (Fsp3) is 0.154. The zero-order valence-electron chi connectivity index (χ0n) is 9.13. The van der Waals surface area contributed by atoms with Gasteiger partial charge in [-0.2, -0.15) is 0 Å². The molecule has 0 aliphatic carbocycles. The lowest BCUT2D eigenvalue weighted by atomic mass is 10.1. The molecule has 0 bridgehead atoms. The minimum atomic E-state index is -1.15. The summed E-state index contributed by atoms with van der Waals surface area (Å²) in [4.78, 5) is 4.31. The lowest BCUT2D eigenvalue weighted by molar-refractivity contribution is 0.590. The van der Waals surface area contributed by atoms with E-state index in [1.165, 1.54) is 0 Å². The molecule has 0 radical (unpaired) electrons. The average molecular weight is 230 g/mol. The minimum Gasteiger partial charge on any atom is -0.256 e. The summed E-state index contributed by atoms with van der Waals surface area (Å²) in [6.07, 6.45) is 2.40. The van der Waals surface area contributed by atoms with Crippen molar-refractivity contribution in [2.45, 2.75) is 6.16 Å². The highest BCUT2D eigenvalue weighted by Gasteiger charge is 2.08. The summed E-state index contributed by atoms with van der Waals surface area (Å²) in [6, 6.07) is 14.1. The first-order valence-corrected chi connectivity index (χ1v) is 7.03. The molecule has 2 nitrogen and oxygen atoms in total. The van der Waals surface area contributed by atoms with Crippen LogP contribution < -0.4 is 0 Å². The molecule has 0 amide bonds. The van der Waals surface area contributed by atoms with Crippen molar-refractivity contribution in [3.8, 4) is 11.1 Å². The molecule has 0 spiro atoms. The molecular formula is C13H13NOP+. The molecular weight excluding hydrogens is 217 g/mol. The number of rotatable bonds is 3. The Balaban J connectivity index is 2.23. The molecule has 1 aromatic heterocycles. The van der Waals surface area contributed by atoms with Crippen LogP contribution in [-0.2, 0) is 10.7 Å². The second-order valence-electron chi connectivity index (χ2n) is 3.69. The van der Waals surface area contributed by atoms with Gasteiger partial charge < -0.3 is 0 Å². The monoisotopic (exact) mass is 230 g/mol. The number of aromatic nitrogens is 1. The maximum Gasteiger partial charge on any atom is 0.341 e. The van der Waals surface area contributed by atoms with Crippen molar-refractivity contribution >= 4 is 7.80 Å². The number of nitrogens with zero attached hydrogens (tertiary/aromatic N) is 1. The molecule has 80 valence electrons. The van der Waals surface area contributed by atoms with E-state index in [2.05, 4.69) is 17.1 Å². The number of hydrogen-bond donors (Lipinski definition) is 0. The highest BCUT2D eigenvalue weighted by atomic mass is 31.1. The van der Waals surface area contributed by atoms with E-state index in [4.69, 9.17) is 0 Å². The molecule has 2 aromatic rings. The molecule has 0 saturated heterocycles. The molecule has 16 heavy (non-hydrogen) atoms. The van der Waals surface area contributed by atoms with Crippen molar-refractivity contribution in [2.75, 3.05) is 6.66 Å². The molecule has 1 unspecified atom stereocenters. The first-order chi connectivity index (χ1) is 7.75. The van der Waals surface area contributed by atoms with Crippen LogP contribution in [0.15, 0.2) is 48.7 Å². The Bertz CT molecular complexity index is 479. The van der Waals surface area contributed by atoms with E-state index >= 15 is 0 Å². The molecule has 0 aliphatic rings. The number of pyridine rings is 1. The Kier molecular flexibility index (Phi) is 3.43. The molecule has 1 aromatic carbocycles. The standard InChI is InChI=1S/C13H13NOP/c1-16(15)10-13-8-7-12(9-14-13)11-5-3-2-4-6-11/h2-9H,10H2,1H3/q+1. The second-order valence-corrected chi connectivity index (χ2v) is 5.26. The third-order valence-electron chi connectivity index (χ3n) is 2.32. The second kappa shape index (κ2) is 5.00. The van der Waals surface area contributed by atoms with Crippen molar-refractivity contribution in [3.05, 3.63) is 54.4 Å². The van der Waals surface area contributed by atoms with Crippen molar-refractivity contribution in [3.63, 3.8) is 0 Å². The normalized spacial score (nSPS) is 11.2. The maximum absolute atomic E-state index is 11.1. The van der Waals surface area contributed by atoms with Crippen LogP contribution in [0.3, 0.4) is 0 Å². The summed E-state index contributed by atoms with van der Waals surface area (Å²) in [7, 11) is -1.15. The van der Waals surface area contributed by atoms with Gasteiger partial charge in [0, 0.05) is 11.8 Å². The Hall–Kier alpha value is -1.53. The smallest absolute Gasteiger partial charge is 0.256 e. The van der Waals surface area contributed by atoms with Gasteiger partial charge in [0.2, 0.25) is 0 Å². The molecule has 3 heteroatoms. The van der Waals surface area contributed by atoms with E-state index in [9.17, 15) is 4.57 Å². The third kappa shape index (κ3) is 2.74. The molecule has 0 saturated carbocycles. The molecule has 0 fully saturated rings. The van der Waals surface area contributed by atoms with Gasteiger partial charge in [0.15, 0.2) is 6.16 Å². The SMILES string of the molecule is C[P+](=O)Cc1ccc(-c2ccccc2)cn1. The van der Waals surface area contributed by atoms with Gasteiger partial charge in [0.05, 0.1) is 5.69 Å². The van der Waals surface area contributed by atoms with E-state index in [-0.39, 0.29) is 0 Å². The van der Waals surface area contributed by atoms with Gasteiger partial charge in [-0.1, -0.05) is 41.0 Å². The Morgan fingerprint density at radius 2 is 1.81 bits per heavy atom. The summed E-state index contributed by atoms with van der Waals surface area (Å²) in [6.45, 7) is 1.72. The highest BCUT2D eigenvalue weighted by molar-refractivity contribution is 7.42. The number of benzene rings is 1. The topological polar surface area (TPSA) is 30.0 Å². The van der Waals surface area contributed by atoms with Gasteiger partial charge in [-0.25, -0.2) is 0 Å². The first kappa shape index (κ1) is 11.0. The van der Waals surface area contributed by atoms with Gasteiger partial charge in [-0.05, 0) is 11.6 Å². The van der Waals surface area contributed by atoms with Crippen LogP contribution in [0.2, 0.25) is 0 Å². The van der Waals surface area contributed by atoms with Crippen LogP contribution in [-0.4, -0.2) is 11.6 Å². The summed E-state index contributed by atoms with van der Waals surface area (Å²) < 4.78 is 11.1. The zero-order chi connectivity index (χ0) is 11.4. The Labute approximate surface area is 96.1 Å². The fourth-order valence-electron chi connectivity index (χ4n) is 1.55. The number of hydrogen-bond acceptors (Lipinski definition) is 2. The Morgan fingerprint density at radius 3 is 2.38 bits per heavy atom. The van der Waals surface area contributed by atoms with E-state index in [0.29, 0.717) is 6.16 Å².